The zero-order chi connectivity index (χ0) is 9.68. The molecule has 0 aromatic carbocycles. The lowest BCUT2D eigenvalue weighted by Gasteiger charge is -2.30. The summed E-state index contributed by atoms with van der Waals surface area (Å²) in [5.74, 6) is 1.85. The average molecular weight is 183 g/mol. The van der Waals surface area contributed by atoms with E-state index in [0.717, 1.165) is 17.9 Å². The minimum Gasteiger partial charge on any atom is -0.314 e. The Bertz CT molecular complexity index is 133. The first-order chi connectivity index (χ1) is 6.22. The van der Waals surface area contributed by atoms with Crippen molar-refractivity contribution < 1.29 is 0 Å². The van der Waals surface area contributed by atoms with Gasteiger partial charge >= 0.3 is 0 Å². The zero-order valence-electron chi connectivity index (χ0n) is 9.47. The van der Waals surface area contributed by atoms with Gasteiger partial charge < -0.3 is 5.32 Å². The van der Waals surface area contributed by atoms with Gasteiger partial charge in [0.05, 0.1) is 0 Å². The average Bonchev–Trinajstić information content (AvgIpc) is 2.04. The number of rotatable bonds is 4. The molecule has 0 amide bonds. The zero-order valence-corrected chi connectivity index (χ0v) is 9.47. The molecule has 0 aromatic rings. The Kier molecular flexibility index (Phi) is 4.79. The summed E-state index contributed by atoms with van der Waals surface area (Å²) < 4.78 is 0. The normalized spacial score (nSPS) is 31.6. The summed E-state index contributed by atoms with van der Waals surface area (Å²) >= 11 is 0. The molecule has 1 saturated heterocycles. The highest BCUT2D eigenvalue weighted by Gasteiger charge is 2.19. The van der Waals surface area contributed by atoms with E-state index in [1.807, 2.05) is 0 Å². The van der Waals surface area contributed by atoms with Crippen LogP contribution in [0, 0.1) is 11.8 Å². The second kappa shape index (κ2) is 5.64. The molecule has 0 aromatic heterocycles. The minimum absolute atomic E-state index is 0.810. The van der Waals surface area contributed by atoms with E-state index in [0.29, 0.717) is 0 Å². The number of hydrogen-bond acceptors (Lipinski definition) is 1. The second-order valence-electron chi connectivity index (χ2n) is 4.91. The van der Waals surface area contributed by atoms with Crippen LogP contribution in [0.2, 0.25) is 0 Å². The van der Waals surface area contributed by atoms with Crippen LogP contribution in [0.15, 0.2) is 0 Å². The van der Waals surface area contributed by atoms with Gasteiger partial charge in [-0.15, -0.1) is 0 Å². The molecule has 1 aliphatic rings. The number of nitrogens with one attached hydrogen (secondary N) is 1. The third-order valence-electron chi connectivity index (χ3n) is 3.23. The molecular weight excluding hydrogens is 158 g/mol. The number of hydrogen-bond donors (Lipinski definition) is 1. The van der Waals surface area contributed by atoms with E-state index in [1.165, 1.54) is 38.6 Å². The molecule has 1 fully saturated rings. The van der Waals surface area contributed by atoms with Gasteiger partial charge in [0.25, 0.3) is 0 Å². The SMILES string of the molecule is CCCC(C)CC1CC(C)CCN1. The van der Waals surface area contributed by atoms with Crippen LogP contribution in [-0.4, -0.2) is 12.6 Å². The summed E-state index contributed by atoms with van der Waals surface area (Å²) in [5, 5.41) is 3.64. The monoisotopic (exact) mass is 183 g/mol. The van der Waals surface area contributed by atoms with Crippen molar-refractivity contribution in [2.75, 3.05) is 6.54 Å². The van der Waals surface area contributed by atoms with Crippen LogP contribution in [0.4, 0.5) is 0 Å². The van der Waals surface area contributed by atoms with Gasteiger partial charge in [-0.2, -0.15) is 0 Å². The largest absolute Gasteiger partial charge is 0.314 e. The first-order valence-corrected chi connectivity index (χ1v) is 5.95. The maximum Gasteiger partial charge on any atom is 0.00721 e. The third-order valence-corrected chi connectivity index (χ3v) is 3.23. The van der Waals surface area contributed by atoms with Crippen LogP contribution in [0.1, 0.15) is 52.9 Å². The Morgan fingerprint density at radius 3 is 2.85 bits per heavy atom. The smallest absolute Gasteiger partial charge is 0.00721 e. The van der Waals surface area contributed by atoms with E-state index in [4.69, 9.17) is 0 Å². The molecule has 3 unspecified atom stereocenters. The molecule has 1 nitrogen and oxygen atoms in total. The van der Waals surface area contributed by atoms with Gasteiger partial charge in [0.15, 0.2) is 0 Å². The Morgan fingerprint density at radius 2 is 2.23 bits per heavy atom. The molecule has 0 aliphatic carbocycles. The molecule has 13 heavy (non-hydrogen) atoms. The lowest BCUT2D eigenvalue weighted by Crippen LogP contribution is -2.38. The van der Waals surface area contributed by atoms with E-state index in [9.17, 15) is 0 Å². The molecule has 1 rings (SSSR count). The van der Waals surface area contributed by atoms with Gasteiger partial charge in [0.1, 0.15) is 0 Å². The number of piperidine rings is 1. The maximum atomic E-state index is 3.64. The Labute approximate surface area is 83.3 Å². The predicted molar refractivity (Wildman–Crippen MR) is 58.9 cm³/mol. The molecule has 0 bridgehead atoms. The van der Waals surface area contributed by atoms with Crippen molar-refractivity contribution in [2.45, 2.75) is 58.9 Å². The standard InChI is InChI=1S/C12H25N/c1-4-5-10(2)8-12-9-11(3)6-7-13-12/h10-13H,4-9H2,1-3H3. The minimum atomic E-state index is 0.810. The van der Waals surface area contributed by atoms with Crippen LogP contribution >= 0.6 is 0 Å². The lowest BCUT2D eigenvalue weighted by molar-refractivity contribution is 0.276. The predicted octanol–water partition coefficient (Wildman–Crippen LogP) is 3.20. The van der Waals surface area contributed by atoms with E-state index in [1.54, 1.807) is 0 Å². The van der Waals surface area contributed by atoms with Crippen molar-refractivity contribution in [3.8, 4) is 0 Å². The molecular formula is C12H25N. The highest BCUT2D eigenvalue weighted by molar-refractivity contribution is 4.77. The van der Waals surface area contributed by atoms with Crippen LogP contribution in [-0.2, 0) is 0 Å². The van der Waals surface area contributed by atoms with Crippen molar-refractivity contribution in [3.05, 3.63) is 0 Å². The van der Waals surface area contributed by atoms with Crippen LogP contribution in [0.5, 0.6) is 0 Å². The fourth-order valence-electron chi connectivity index (χ4n) is 2.50. The lowest BCUT2D eigenvalue weighted by atomic mass is 9.88. The van der Waals surface area contributed by atoms with Gasteiger partial charge in [-0.3, -0.25) is 0 Å². The molecule has 0 saturated carbocycles. The molecule has 1 N–H and O–H groups in total. The molecule has 0 spiro atoms. The summed E-state index contributed by atoms with van der Waals surface area (Å²) in [5.41, 5.74) is 0. The topological polar surface area (TPSA) is 12.0 Å². The fraction of sp³-hybridized carbons (Fsp3) is 1.00. The fourth-order valence-corrected chi connectivity index (χ4v) is 2.50. The first kappa shape index (κ1) is 11.0. The summed E-state index contributed by atoms with van der Waals surface area (Å²) in [6.45, 7) is 8.31. The van der Waals surface area contributed by atoms with Crippen molar-refractivity contribution in [1.29, 1.82) is 0 Å². The molecule has 1 heterocycles. The molecule has 1 heteroatoms. The summed E-state index contributed by atoms with van der Waals surface area (Å²) in [4.78, 5) is 0. The van der Waals surface area contributed by atoms with E-state index in [2.05, 4.69) is 26.1 Å². The van der Waals surface area contributed by atoms with Crippen molar-refractivity contribution in [3.63, 3.8) is 0 Å². The highest BCUT2D eigenvalue weighted by atomic mass is 14.9. The van der Waals surface area contributed by atoms with Crippen molar-refractivity contribution in [1.82, 2.24) is 5.32 Å². The van der Waals surface area contributed by atoms with Gasteiger partial charge in [0.2, 0.25) is 0 Å². The van der Waals surface area contributed by atoms with E-state index < -0.39 is 0 Å². The molecule has 0 radical (unpaired) electrons. The third kappa shape index (κ3) is 4.12. The Hall–Kier alpha value is -0.0400. The van der Waals surface area contributed by atoms with Crippen LogP contribution in [0.3, 0.4) is 0 Å². The Morgan fingerprint density at radius 1 is 1.46 bits per heavy atom. The van der Waals surface area contributed by atoms with E-state index >= 15 is 0 Å². The van der Waals surface area contributed by atoms with E-state index in [-0.39, 0.29) is 0 Å². The first-order valence-electron chi connectivity index (χ1n) is 5.95. The van der Waals surface area contributed by atoms with Crippen LogP contribution < -0.4 is 5.32 Å². The second-order valence-corrected chi connectivity index (χ2v) is 4.91. The van der Waals surface area contributed by atoms with Crippen molar-refractivity contribution >= 4 is 0 Å². The van der Waals surface area contributed by atoms with Crippen molar-refractivity contribution in [2.24, 2.45) is 11.8 Å². The molecule has 78 valence electrons. The van der Waals surface area contributed by atoms with Gasteiger partial charge in [-0.05, 0) is 37.6 Å². The quantitative estimate of drug-likeness (QED) is 0.706. The Balaban J connectivity index is 2.19. The highest BCUT2D eigenvalue weighted by Crippen LogP contribution is 2.21. The van der Waals surface area contributed by atoms with Gasteiger partial charge in [-0.25, -0.2) is 0 Å². The van der Waals surface area contributed by atoms with Gasteiger partial charge in [0, 0.05) is 6.04 Å². The summed E-state index contributed by atoms with van der Waals surface area (Å²) in [6.07, 6.45) is 6.89. The summed E-state index contributed by atoms with van der Waals surface area (Å²) in [7, 11) is 0. The summed E-state index contributed by atoms with van der Waals surface area (Å²) in [6, 6.07) is 0.810. The van der Waals surface area contributed by atoms with Gasteiger partial charge in [-0.1, -0.05) is 33.6 Å². The van der Waals surface area contributed by atoms with Crippen LogP contribution in [0.25, 0.3) is 0 Å². The maximum absolute atomic E-state index is 3.64. The molecule has 3 atom stereocenters. The molecule has 1 aliphatic heterocycles.